The molecule has 1 aromatic rings. The maximum absolute atomic E-state index is 11.8. The van der Waals surface area contributed by atoms with Crippen LogP contribution in [-0.2, 0) is 11.3 Å². The van der Waals surface area contributed by atoms with Crippen molar-refractivity contribution in [3.8, 4) is 0 Å². The lowest BCUT2D eigenvalue weighted by Crippen LogP contribution is -2.44. The summed E-state index contributed by atoms with van der Waals surface area (Å²) in [4.78, 5) is 23.1. The van der Waals surface area contributed by atoms with Gasteiger partial charge in [-0.25, -0.2) is 4.79 Å². The number of carboxylic acid groups (broad SMARTS) is 1. The Morgan fingerprint density at radius 3 is 2.33 bits per heavy atom. The summed E-state index contributed by atoms with van der Waals surface area (Å²) < 4.78 is 0. The Kier molecular flexibility index (Phi) is 5.07. The summed E-state index contributed by atoms with van der Waals surface area (Å²) in [5, 5.41) is 15.4. The zero-order chi connectivity index (χ0) is 15.3. The van der Waals surface area contributed by atoms with Gasteiger partial charge in [0.1, 0.15) is 0 Å². The van der Waals surface area contributed by atoms with E-state index in [0.29, 0.717) is 24.4 Å². The van der Waals surface area contributed by atoms with Crippen molar-refractivity contribution >= 4 is 23.6 Å². The lowest BCUT2D eigenvalue weighted by molar-refractivity contribution is -0.148. The zero-order valence-corrected chi connectivity index (χ0v) is 12.4. The number of aliphatic carboxylic acids is 1. The largest absolute Gasteiger partial charge is 0.481 e. The molecule has 0 spiro atoms. The third kappa shape index (κ3) is 4.11. The van der Waals surface area contributed by atoms with Gasteiger partial charge in [0.15, 0.2) is 0 Å². The summed E-state index contributed by atoms with van der Waals surface area (Å²) in [7, 11) is 0. The number of carbonyl (C=O) groups is 2. The molecule has 1 saturated carbocycles. The average molecular weight is 311 g/mol. The lowest BCUT2D eigenvalue weighted by Gasteiger charge is -2.24. The third-order valence-electron chi connectivity index (χ3n) is 3.97. The highest BCUT2D eigenvalue weighted by Crippen LogP contribution is 2.37. The maximum Gasteiger partial charge on any atom is 0.315 e. The first-order valence-corrected chi connectivity index (χ1v) is 7.39. The van der Waals surface area contributed by atoms with E-state index in [2.05, 4.69) is 10.6 Å². The highest BCUT2D eigenvalue weighted by Gasteiger charge is 2.41. The van der Waals surface area contributed by atoms with Gasteiger partial charge in [0.25, 0.3) is 0 Å². The quantitative estimate of drug-likeness (QED) is 0.782. The maximum atomic E-state index is 11.8. The number of carboxylic acids is 1. The fourth-order valence-electron chi connectivity index (χ4n) is 2.61. The normalized spacial score (nSPS) is 16.4. The van der Waals surface area contributed by atoms with Gasteiger partial charge in [-0.1, -0.05) is 36.6 Å². The highest BCUT2D eigenvalue weighted by atomic mass is 35.5. The summed E-state index contributed by atoms with van der Waals surface area (Å²) in [5.74, 6) is -0.821. The van der Waals surface area contributed by atoms with Crippen LogP contribution in [0.25, 0.3) is 0 Å². The molecule has 2 amide bonds. The van der Waals surface area contributed by atoms with Crippen molar-refractivity contribution in [1.82, 2.24) is 10.6 Å². The lowest BCUT2D eigenvalue weighted by atomic mass is 9.86. The highest BCUT2D eigenvalue weighted by molar-refractivity contribution is 6.30. The van der Waals surface area contributed by atoms with Gasteiger partial charge in [0, 0.05) is 18.1 Å². The van der Waals surface area contributed by atoms with Crippen molar-refractivity contribution in [2.45, 2.75) is 32.2 Å². The monoisotopic (exact) mass is 310 g/mol. The van der Waals surface area contributed by atoms with Gasteiger partial charge in [-0.2, -0.15) is 0 Å². The first-order valence-electron chi connectivity index (χ1n) is 7.01. The van der Waals surface area contributed by atoms with E-state index < -0.39 is 11.4 Å². The number of urea groups is 1. The number of hydrogen-bond acceptors (Lipinski definition) is 2. The fraction of sp³-hybridized carbons (Fsp3) is 0.467. The molecule has 0 atom stereocenters. The molecule has 5 nitrogen and oxygen atoms in total. The Morgan fingerprint density at radius 2 is 1.76 bits per heavy atom. The molecule has 1 aliphatic rings. The van der Waals surface area contributed by atoms with Crippen LogP contribution in [0.4, 0.5) is 4.79 Å². The number of amides is 2. The van der Waals surface area contributed by atoms with Crippen molar-refractivity contribution in [1.29, 1.82) is 0 Å². The molecule has 114 valence electrons. The van der Waals surface area contributed by atoms with E-state index in [9.17, 15) is 14.7 Å². The molecule has 6 heteroatoms. The van der Waals surface area contributed by atoms with Crippen molar-refractivity contribution < 1.29 is 14.7 Å². The van der Waals surface area contributed by atoms with Gasteiger partial charge in [-0.3, -0.25) is 4.79 Å². The minimum Gasteiger partial charge on any atom is -0.481 e. The topological polar surface area (TPSA) is 78.4 Å². The molecule has 3 N–H and O–H groups in total. The van der Waals surface area contributed by atoms with Crippen molar-refractivity contribution in [2.24, 2.45) is 5.41 Å². The van der Waals surface area contributed by atoms with Gasteiger partial charge < -0.3 is 15.7 Å². The number of carbonyl (C=O) groups excluding carboxylic acids is 1. The average Bonchev–Trinajstić information content (AvgIpc) is 2.95. The van der Waals surface area contributed by atoms with Crippen LogP contribution in [0.15, 0.2) is 24.3 Å². The molecular weight excluding hydrogens is 292 g/mol. The molecule has 0 aliphatic heterocycles. The summed E-state index contributed by atoms with van der Waals surface area (Å²) in [6.07, 6.45) is 3.06. The van der Waals surface area contributed by atoms with E-state index in [1.54, 1.807) is 12.1 Å². The van der Waals surface area contributed by atoms with E-state index in [4.69, 9.17) is 11.6 Å². The summed E-state index contributed by atoms with van der Waals surface area (Å²) >= 11 is 5.79. The summed E-state index contributed by atoms with van der Waals surface area (Å²) in [6, 6.07) is 6.83. The molecule has 1 aromatic carbocycles. The number of rotatable bonds is 5. The zero-order valence-electron chi connectivity index (χ0n) is 11.7. The van der Waals surface area contributed by atoms with Gasteiger partial charge in [-0.15, -0.1) is 0 Å². The van der Waals surface area contributed by atoms with E-state index in [-0.39, 0.29) is 12.6 Å². The van der Waals surface area contributed by atoms with E-state index in [0.717, 1.165) is 18.4 Å². The SMILES string of the molecule is O=C(NCc1ccc(Cl)cc1)NCC1(C(=O)O)CCCC1. The van der Waals surface area contributed by atoms with Crippen molar-refractivity contribution in [3.05, 3.63) is 34.9 Å². The molecule has 0 bridgehead atoms. The number of halogens is 1. The summed E-state index contributed by atoms with van der Waals surface area (Å²) in [6.45, 7) is 0.553. The van der Waals surface area contributed by atoms with Crippen LogP contribution >= 0.6 is 11.6 Å². The number of hydrogen-bond donors (Lipinski definition) is 3. The molecule has 0 heterocycles. The standard InChI is InChI=1S/C15H19ClN2O3/c16-12-5-3-11(4-6-12)9-17-14(21)18-10-15(13(19)20)7-1-2-8-15/h3-6H,1-2,7-10H2,(H,19,20)(H2,17,18,21). The smallest absolute Gasteiger partial charge is 0.315 e. The van der Waals surface area contributed by atoms with E-state index in [1.807, 2.05) is 12.1 Å². The molecule has 1 aliphatic carbocycles. The third-order valence-corrected chi connectivity index (χ3v) is 4.22. The molecule has 0 aromatic heterocycles. The Balaban J connectivity index is 1.79. The minimum absolute atomic E-state index is 0.175. The molecule has 21 heavy (non-hydrogen) atoms. The van der Waals surface area contributed by atoms with Crippen LogP contribution in [0, 0.1) is 5.41 Å². The van der Waals surface area contributed by atoms with Crippen molar-refractivity contribution in [3.63, 3.8) is 0 Å². The fourth-order valence-corrected chi connectivity index (χ4v) is 2.74. The molecule has 1 fully saturated rings. The van der Waals surface area contributed by atoms with Crippen LogP contribution in [-0.4, -0.2) is 23.7 Å². The second-order valence-corrected chi connectivity index (χ2v) is 5.89. The van der Waals surface area contributed by atoms with Gasteiger partial charge in [0.2, 0.25) is 0 Å². The molecule has 2 rings (SSSR count). The van der Waals surface area contributed by atoms with E-state index >= 15 is 0 Å². The summed E-state index contributed by atoms with van der Waals surface area (Å²) in [5.41, 5.74) is 0.140. The van der Waals surface area contributed by atoms with Crippen molar-refractivity contribution in [2.75, 3.05) is 6.54 Å². The molecule has 0 unspecified atom stereocenters. The molecule has 0 radical (unpaired) electrons. The van der Waals surface area contributed by atoms with Crippen LogP contribution in [0.1, 0.15) is 31.2 Å². The Bertz CT molecular complexity index is 510. The van der Waals surface area contributed by atoms with Gasteiger partial charge >= 0.3 is 12.0 Å². The predicted octanol–water partition coefficient (Wildman–Crippen LogP) is 2.78. The Morgan fingerprint density at radius 1 is 1.14 bits per heavy atom. The Labute approximate surface area is 128 Å². The molecular formula is C15H19ClN2O3. The molecule has 0 saturated heterocycles. The van der Waals surface area contributed by atoms with Crippen LogP contribution in [0.2, 0.25) is 5.02 Å². The first-order chi connectivity index (χ1) is 10.0. The minimum atomic E-state index is -0.821. The Hall–Kier alpha value is -1.75. The first kappa shape index (κ1) is 15.6. The van der Waals surface area contributed by atoms with Crippen LogP contribution in [0.3, 0.4) is 0 Å². The van der Waals surface area contributed by atoms with Crippen LogP contribution in [0.5, 0.6) is 0 Å². The van der Waals surface area contributed by atoms with Gasteiger partial charge in [0.05, 0.1) is 5.41 Å². The predicted molar refractivity (Wildman–Crippen MR) is 80.2 cm³/mol. The van der Waals surface area contributed by atoms with Gasteiger partial charge in [-0.05, 0) is 30.5 Å². The second kappa shape index (κ2) is 6.80. The number of benzene rings is 1. The van der Waals surface area contributed by atoms with E-state index in [1.165, 1.54) is 0 Å². The second-order valence-electron chi connectivity index (χ2n) is 5.46. The number of nitrogens with one attached hydrogen (secondary N) is 2. The van der Waals surface area contributed by atoms with Crippen LogP contribution < -0.4 is 10.6 Å².